The van der Waals surface area contributed by atoms with Gasteiger partial charge in [-0.3, -0.25) is 9.80 Å². The van der Waals surface area contributed by atoms with Gasteiger partial charge < -0.3 is 9.47 Å². The van der Waals surface area contributed by atoms with E-state index in [1.165, 1.54) is 21.5 Å². The first-order chi connectivity index (χ1) is 18.3. The number of hydrogen-bond donors (Lipinski definition) is 0. The lowest BCUT2D eigenvalue weighted by Crippen LogP contribution is -2.46. The van der Waals surface area contributed by atoms with E-state index >= 15 is 0 Å². The normalized spacial score (nSPS) is 19.9. The van der Waals surface area contributed by atoms with Crippen LogP contribution in [0.5, 0.6) is 11.5 Å². The Morgan fingerprint density at radius 1 is 0.514 bits per heavy atom. The second-order valence-electron chi connectivity index (χ2n) is 9.54. The van der Waals surface area contributed by atoms with Gasteiger partial charge in [-0.15, -0.1) is 0 Å². The lowest BCUT2D eigenvalue weighted by Gasteiger charge is -2.32. The second-order valence-corrected chi connectivity index (χ2v) is 9.54. The Bertz CT molecular complexity index is 1430. The van der Waals surface area contributed by atoms with Gasteiger partial charge >= 0.3 is 0 Å². The van der Waals surface area contributed by atoms with Gasteiger partial charge in [-0.2, -0.15) is 0 Å². The van der Waals surface area contributed by atoms with Gasteiger partial charge in [0.25, 0.3) is 0 Å². The van der Waals surface area contributed by atoms with Crippen molar-refractivity contribution < 1.29 is 9.47 Å². The molecule has 37 heavy (non-hydrogen) atoms. The van der Waals surface area contributed by atoms with Crippen LogP contribution in [0.15, 0.2) is 72.8 Å². The van der Waals surface area contributed by atoms with E-state index in [-0.39, 0.29) is 0 Å². The van der Waals surface area contributed by atoms with E-state index in [9.17, 15) is 0 Å². The number of hydrogen-bond acceptors (Lipinski definition) is 4. The zero-order valence-electron chi connectivity index (χ0n) is 21.0. The van der Waals surface area contributed by atoms with Gasteiger partial charge in [-0.25, -0.2) is 0 Å². The Balaban J connectivity index is 1.43. The molecule has 3 aliphatic rings. The Morgan fingerprint density at radius 2 is 0.973 bits per heavy atom. The van der Waals surface area contributed by atoms with Gasteiger partial charge in [0, 0.05) is 43.7 Å². The minimum absolute atomic E-state index is 0.373. The lowest BCUT2D eigenvalue weighted by atomic mass is 9.93. The van der Waals surface area contributed by atoms with Crippen molar-refractivity contribution in [2.24, 2.45) is 0 Å². The molecule has 4 nitrogen and oxygen atoms in total. The number of rotatable bonds is 0. The molecule has 4 aromatic carbocycles. The molecule has 4 heteroatoms. The Hall–Kier alpha value is -3.96. The molecule has 0 radical (unpaired) electrons. The average Bonchev–Trinajstić information content (AvgIpc) is 2.95. The van der Waals surface area contributed by atoms with Gasteiger partial charge in [-0.1, -0.05) is 84.3 Å². The first-order valence-corrected chi connectivity index (χ1v) is 13.0. The standard InChI is InChI=1S/C33H30N2O2/c1-3-11-28-26(9-1)13-15-32-30(28)25-31-29-12-4-2-10-27(29)14-16-33(31)37-24-8-6-18-35-21-19-34(20-22-35)17-5-7-23-36-32/h1-4,9-16H,17-25H2. The summed E-state index contributed by atoms with van der Waals surface area (Å²) in [6.07, 6.45) is 0.690. The fraction of sp³-hybridized carbons (Fsp3) is 0.273. The largest absolute Gasteiger partial charge is 0.481 e. The van der Waals surface area contributed by atoms with Crippen molar-refractivity contribution in [2.75, 3.05) is 52.5 Å². The molecule has 3 aliphatic heterocycles. The van der Waals surface area contributed by atoms with Crippen LogP contribution in [0, 0.1) is 23.7 Å². The molecule has 0 spiro atoms. The maximum Gasteiger partial charge on any atom is 0.149 e. The van der Waals surface area contributed by atoms with Crippen molar-refractivity contribution in [3.05, 3.63) is 83.9 Å². The minimum atomic E-state index is 0.373. The van der Waals surface area contributed by atoms with Crippen molar-refractivity contribution in [3.63, 3.8) is 0 Å². The third kappa shape index (κ3) is 5.27. The molecular formula is C33H30N2O2. The van der Waals surface area contributed by atoms with Gasteiger partial charge in [0.05, 0.1) is 13.1 Å². The van der Waals surface area contributed by atoms with Crippen LogP contribution in [0.3, 0.4) is 0 Å². The van der Waals surface area contributed by atoms with E-state index in [1.54, 1.807) is 0 Å². The molecule has 0 amide bonds. The molecule has 0 N–H and O–H groups in total. The van der Waals surface area contributed by atoms with Gasteiger partial charge in [-0.05, 0) is 33.7 Å². The first-order valence-electron chi connectivity index (χ1n) is 13.0. The van der Waals surface area contributed by atoms with Crippen molar-refractivity contribution in [2.45, 2.75) is 6.42 Å². The van der Waals surface area contributed by atoms with E-state index in [2.05, 4.69) is 106 Å². The van der Waals surface area contributed by atoms with Gasteiger partial charge in [0.15, 0.2) is 0 Å². The second kappa shape index (κ2) is 11.0. The Kier molecular flexibility index (Phi) is 6.95. The topological polar surface area (TPSA) is 24.9 Å². The van der Waals surface area contributed by atoms with Crippen LogP contribution in [0.1, 0.15) is 11.1 Å². The summed E-state index contributed by atoms with van der Waals surface area (Å²) in [5, 5.41) is 4.77. The predicted molar refractivity (Wildman–Crippen MR) is 150 cm³/mol. The molecule has 4 aromatic rings. The summed E-state index contributed by atoms with van der Waals surface area (Å²) in [4.78, 5) is 4.80. The van der Waals surface area contributed by atoms with Crippen molar-refractivity contribution in [1.82, 2.24) is 9.80 Å². The molecule has 1 saturated heterocycles. The molecule has 0 aliphatic carbocycles. The molecule has 1 fully saturated rings. The van der Waals surface area contributed by atoms with E-state index in [4.69, 9.17) is 9.47 Å². The van der Waals surface area contributed by atoms with Gasteiger partial charge in [0.1, 0.15) is 24.7 Å². The molecule has 2 bridgehead atoms. The summed E-state index contributed by atoms with van der Waals surface area (Å²) in [7, 11) is 0. The zero-order valence-corrected chi connectivity index (χ0v) is 21.0. The van der Waals surface area contributed by atoms with Crippen molar-refractivity contribution in [3.8, 4) is 35.2 Å². The SMILES string of the molecule is C1#CCN2CCN(CC#CCOc3ccc4ccccc4c3Cc3c(ccc4ccccc34)OC1)CC2. The lowest BCUT2D eigenvalue weighted by molar-refractivity contribution is 0.157. The number of piperazine rings is 1. The van der Waals surface area contributed by atoms with Crippen LogP contribution in [-0.2, 0) is 6.42 Å². The summed E-state index contributed by atoms with van der Waals surface area (Å²) < 4.78 is 12.6. The van der Waals surface area contributed by atoms with Crippen LogP contribution < -0.4 is 9.47 Å². The highest BCUT2D eigenvalue weighted by Gasteiger charge is 2.17. The third-order valence-electron chi connectivity index (χ3n) is 7.27. The Labute approximate surface area is 218 Å². The van der Waals surface area contributed by atoms with Crippen LogP contribution in [0.25, 0.3) is 21.5 Å². The van der Waals surface area contributed by atoms with Crippen LogP contribution in [0.2, 0.25) is 0 Å². The maximum absolute atomic E-state index is 6.30. The number of benzene rings is 4. The fourth-order valence-electron chi connectivity index (χ4n) is 5.21. The molecular weight excluding hydrogens is 456 g/mol. The molecule has 0 aromatic heterocycles. The van der Waals surface area contributed by atoms with Crippen molar-refractivity contribution in [1.29, 1.82) is 0 Å². The van der Waals surface area contributed by atoms with Crippen LogP contribution >= 0.6 is 0 Å². The fourth-order valence-corrected chi connectivity index (χ4v) is 5.21. The molecule has 3 heterocycles. The van der Waals surface area contributed by atoms with Crippen molar-refractivity contribution >= 4 is 21.5 Å². The number of ether oxygens (including phenoxy) is 2. The number of fused-ring (bicyclic) bond motifs is 10. The quantitative estimate of drug-likeness (QED) is 0.328. The molecule has 0 saturated carbocycles. The van der Waals surface area contributed by atoms with Crippen LogP contribution in [0.4, 0.5) is 0 Å². The summed E-state index contributed by atoms with van der Waals surface area (Å²) >= 11 is 0. The van der Waals surface area contributed by atoms with E-state index in [0.29, 0.717) is 19.6 Å². The van der Waals surface area contributed by atoms with E-state index < -0.39 is 0 Å². The van der Waals surface area contributed by atoms with Crippen LogP contribution in [-0.4, -0.2) is 62.3 Å². The zero-order chi connectivity index (χ0) is 24.9. The molecule has 0 unspecified atom stereocenters. The summed E-state index contributed by atoms with van der Waals surface area (Å²) in [6.45, 7) is 6.37. The molecule has 0 atom stereocenters. The summed E-state index contributed by atoms with van der Waals surface area (Å²) in [5.41, 5.74) is 2.31. The average molecular weight is 487 g/mol. The summed E-state index contributed by atoms with van der Waals surface area (Å²) in [6, 6.07) is 25.4. The predicted octanol–water partition coefficient (Wildman–Crippen LogP) is 4.98. The highest BCUT2D eigenvalue weighted by atomic mass is 16.5. The van der Waals surface area contributed by atoms with Gasteiger partial charge in [0.2, 0.25) is 0 Å². The smallest absolute Gasteiger partial charge is 0.149 e. The van der Waals surface area contributed by atoms with E-state index in [0.717, 1.165) is 61.9 Å². The highest BCUT2D eigenvalue weighted by Crippen LogP contribution is 2.36. The molecule has 7 rings (SSSR count). The third-order valence-corrected chi connectivity index (χ3v) is 7.27. The summed E-state index contributed by atoms with van der Waals surface area (Å²) in [5.74, 6) is 14.9. The first kappa shape index (κ1) is 23.4. The Morgan fingerprint density at radius 3 is 1.46 bits per heavy atom. The molecule has 184 valence electrons. The maximum atomic E-state index is 6.30. The highest BCUT2D eigenvalue weighted by molar-refractivity contribution is 5.91. The van der Waals surface area contributed by atoms with E-state index in [1.807, 2.05) is 0 Å². The number of nitrogens with zero attached hydrogens (tertiary/aromatic N) is 2. The monoisotopic (exact) mass is 486 g/mol. The minimum Gasteiger partial charge on any atom is -0.481 e.